The number of rotatable bonds is 9. The highest BCUT2D eigenvalue weighted by Gasteiger charge is 2.21. The molecule has 1 aromatic heterocycles. The number of carbonyl (C=O) groups is 2. The van der Waals surface area contributed by atoms with Crippen LogP contribution in [0.1, 0.15) is 34.9 Å². The highest BCUT2D eigenvalue weighted by molar-refractivity contribution is 7.73. The van der Waals surface area contributed by atoms with Gasteiger partial charge in [0, 0.05) is 12.3 Å². The second-order valence-electron chi connectivity index (χ2n) is 6.38. The van der Waals surface area contributed by atoms with Gasteiger partial charge in [0.15, 0.2) is 3.95 Å². The van der Waals surface area contributed by atoms with Crippen molar-refractivity contribution in [2.75, 3.05) is 0 Å². The number of hydrogen-bond acceptors (Lipinski definition) is 6. The number of hydrogen-bond donors (Lipinski definition) is 1. The fourth-order valence-electron chi connectivity index (χ4n) is 2.88. The maximum absolute atomic E-state index is 12.5. The van der Waals surface area contributed by atoms with E-state index in [4.69, 9.17) is 17.0 Å². The van der Waals surface area contributed by atoms with Crippen molar-refractivity contribution in [3.8, 4) is 0 Å². The Kier molecular flexibility index (Phi) is 7.22. The van der Waals surface area contributed by atoms with E-state index in [-0.39, 0.29) is 43.5 Å². The molecule has 2 aromatic carbocycles. The molecule has 28 heavy (non-hydrogen) atoms. The Hall–Kier alpha value is -2.64. The molecule has 0 amide bonds. The van der Waals surface area contributed by atoms with E-state index in [2.05, 4.69) is 10.2 Å². The number of Topliss-reactive ketones (excluding diaryl/α,β-unsaturated/α-hetero) is 1. The molecule has 0 fully saturated rings. The lowest BCUT2D eigenvalue weighted by molar-refractivity contribution is -0.145. The van der Waals surface area contributed by atoms with Gasteiger partial charge >= 0.3 is 5.97 Å². The SMILES string of the molecule is O=C(Cc1n[nH]c(=S)s1)C[C@@H](CC(=O)OCc1ccccc1)c1ccccc1. The van der Waals surface area contributed by atoms with Crippen LogP contribution in [-0.2, 0) is 27.4 Å². The van der Waals surface area contributed by atoms with Crippen LogP contribution in [0, 0.1) is 3.95 Å². The van der Waals surface area contributed by atoms with Crippen LogP contribution in [0.3, 0.4) is 0 Å². The molecule has 0 spiro atoms. The van der Waals surface area contributed by atoms with Crippen molar-refractivity contribution in [2.24, 2.45) is 0 Å². The van der Waals surface area contributed by atoms with Gasteiger partial charge in [0.1, 0.15) is 17.4 Å². The van der Waals surface area contributed by atoms with Crippen LogP contribution in [0.5, 0.6) is 0 Å². The molecule has 7 heteroatoms. The molecule has 0 unspecified atom stereocenters. The van der Waals surface area contributed by atoms with Crippen LogP contribution in [0.25, 0.3) is 0 Å². The Morgan fingerprint density at radius 3 is 2.36 bits per heavy atom. The number of aromatic amines is 1. The van der Waals surface area contributed by atoms with Crippen molar-refractivity contribution in [3.05, 3.63) is 80.8 Å². The lowest BCUT2D eigenvalue weighted by Crippen LogP contribution is -2.15. The quantitative estimate of drug-likeness (QED) is 0.410. The van der Waals surface area contributed by atoms with Gasteiger partial charge in [-0.2, -0.15) is 5.10 Å². The van der Waals surface area contributed by atoms with Gasteiger partial charge in [0.2, 0.25) is 0 Å². The fourth-order valence-corrected chi connectivity index (χ4v) is 3.85. The molecule has 0 aliphatic rings. The van der Waals surface area contributed by atoms with Gasteiger partial charge < -0.3 is 4.74 Å². The third kappa shape index (κ3) is 6.21. The van der Waals surface area contributed by atoms with E-state index >= 15 is 0 Å². The summed E-state index contributed by atoms with van der Waals surface area (Å²) in [4.78, 5) is 24.9. The fraction of sp³-hybridized carbons (Fsp3) is 0.238. The number of esters is 1. The van der Waals surface area contributed by atoms with E-state index in [1.165, 1.54) is 11.3 Å². The largest absolute Gasteiger partial charge is 0.461 e. The van der Waals surface area contributed by atoms with Crippen LogP contribution in [0.2, 0.25) is 0 Å². The van der Waals surface area contributed by atoms with Gasteiger partial charge in [-0.3, -0.25) is 14.7 Å². The van der Waals surface area contributed by atoms with Crippen LogP contribution in [0.4, 0.5) is 0 Å². The highest BCUT2D eigenvalue weighted by Crippen LogP contribution is 2.25. The summed E-state index contributed by atoms with van der Waals surface area (Å²) in [6, 6.07) is 19.1. The highest BCUT2D eigenvalue weighted by atomic mass is 32.1. The molecule has 0 radical (unpaired) electrons. The zero-order chi connectivity index (χ0) is 19.8. The van der Waals surface area contributed by atoms with Crippen LogP contribution in [0.15, 0.2) is 60.7 Å². The summed E-state index contributed by atoms with van der Waals surface area (Å²) in [5.74, 6) is -0.535. The van der Waals surface area contributed by atoms with Crippen molar-refractivity contribution in [1.82, 2.24) is 10.2 Å². The lowest BCUT2D eigenvalue weighted by Gasteiger charge is -2.16. The number of nitrogens with zero attached hydrogens (tertiary/aromatic N) is 1. The molecule has 144 valence electrons. The number of ketones is 1. The van der Waals surface area contributed by atoms with Gasteiger partial charge in [-0.05, 0) is 23.3 Å². The Labute approximate surface area is 172 Å². The van der Waals surface area contributed by atoms with E-state index in [9.17, 15) is 9.59 Å². The van der Waals surface area contributed by atoms with Gasteiger partial charge in [-0.1, -0.05) is 72.0 Å². The minimum absolute atomic E-state index is 0.0162. The number of H-pyrrole nitrogens is 1. The van der Waals surface area contributed by atoms with Gasteiger partial charge in [-0.25, -0.2) is 0 Å². The summed E-state index contributed by atoms with van der Waals surface area (Å²) in [5, 5.41) is 7.38. The summed E-state index contributed by atoms with van der Waals surface area (Å²) in [5.41, 5.74) is 1.88. The zero-order valence-corrected chi connectivity index (χ0v) is 16.8. The maximum atomic E-state index is 12.5. The minimum atomic E-state index is -0.319. The van der Waals surface area contributed by atoms with Crippen molar-refractivity contribution in [1.29, 1.82) is 0 Å². The predicted molar refractivity (Wildman–Crippen MR) is 111 cm³/mol. The van der Waals surface area contributed by atoms with Gasteiger partial charge in [-0.15, -0.1) is 0 Å². The molecule has 3 rings (SSSR count). The second kappa shape index (κ2) is 10.1. The molecular formula is C21H20N2O3S2. The van der Waals surface area contributed by atoms with Gasteiger partial charge in [0.25, 0.3) is 0 Å². The molecule has 1 atom stereocenters. The molecule has 0 saturated heterocycles. The van der Waals surface area contributed by atoms with Gasteiger partial charge in [0.05, 0.1) is 12.8 Å². The van der Waals surface area contributed by atoms with Crippen molar-refractivity contribution < 1.29 is 14.3 Å². The average Bonchev–Trinajstić information content (AvgIpc) is 3.12. The van der Waals surface area contributed by atoms with E-state index in [1.807, 2.05) is 60.7 Å². The Bertz CT molecular complexity index is 968. The standard InChI is InChI=1S/C21H20N2O3S2/c24-18(13-19-22-23-21(27)28-19)11-17(16-9-5-2-6-10-16)12-20(25)26-14-15-7-3-1-4-8-15/h1-10,17H,11-14H2,(H,23,27)/t17-/m0/s1. The Morgan fingerprint density at radius 1 is 1.04 bits per heavy atom. The minimum Gasteiger partial charge on any atom is -0.461 e. The lowest BCUT2D eigenvalue weighted by atomic mass is 9.90. The Balaban J connectivity index is 1.62. The van der Waals surface area contributed by atoms with Crippen LogP contribution in [-0.4, -0.2) is 21.9 Å². The zero-order valence-electron chi connectivity index (χ0n) is 15.2. The average molecular weight is 413 g/mol. The molecular weight excluding hydrogens is 392 g/mol. The van der Waals surface area contributed by atoms with E-state index in [1.54, 1.807) is 0 Å². The monoisotopic (exact) mass is 412 g/mol. The molecule has 0 aliphatic carbocycles. The topological polar surface area (TPSA) is 72.0 Å². The number of benzene rings is 2. The first-order chi connectivity index (χ1) is 13.6. The summed E-state index contributed by atoms with van der Waals surface area (Å²) in [6.45, 7) is 0.228. The number of carbonyl (C=O) groups excluding carboxylic acids is 2. The first kappa shape index (κ1) is 20.1. The maximum Gasteiger partial charge on any atom is 0.306 e. The summed E-state index contributed by atoms with van der Waals surface area (Å²) in [6.07, 6.45) is 0.607. The van der Waals surface area contributed by atoms with Crippen LogP contribution >= 0.6 is 23.6 Å². The third-order valence-corrected chi connectivity index (χ3v) is 5.32. The molecule has 5 nitrogen and oxygen atoms in total. The van der Waals surface area contributed by atoms with Crippen molar-refractivity contribution in [2.45, 2.75) is 31.8 Å². The number of nitrogens with one attached hydrogen (secondary N) is 1. The molecule has 0 bridgehead atoms. The molecule has 1 N–H and O–H groups in total. The molecule has 0 saturated carbocycles. The first-order valence-corrected chi connectivity index (χ1v) is 10.1. The molecule has 0 aliphatic heterocycles. The van der Waals surface area contributed by atoms with E-state index in [0.717, 1.165) is 11.1 Å². The number of ether oxygens (including phenoxy) is 1. The van der Waals surface area contributed by atoms with Crippen LogP contribution < -0.4 is 0 Å². The first-order valence-electron chi connectivity index (χ1n) is 8.90. The predicted octanol–water partition coefficient (Wildman–Crippen LogP) is 4.62. The molecule has 3 aromatic rings. The Morgan fingerprint density at radius 2 is 1.71 bits per heavy atom. The smallest absolute Gasteiger partial charge is 0.306 e. The molecule has 1 heterocycles. The van der Waals surface area contributed by atoms with Crippen molar-refractivity contribution in [3.63, 3.8) is 0 Å². The number of aromatic nitrogens is 2. The normalized spacial score (nSPS) is 11.7. The summed E-state index contributed by atoms with van der Waals surface area (Å²) in [7, 11) is 0. The van der Waals surface area contributed by atoms with E-state index < -0.39 is 0 Å². The summed E-state index contributed by atoms with van der Waals surface area (Å²) < 4.78 is 5.95. The summed E-state index contributed by atoms with van der Waals surface area (Å²) >= 11 is 6.30. The third-order valence-electron chi connectivity index (χ3n) is 4.23. The van der Waals surface area contributed by atoms with Crippen molar-refractivity contribution >= 4 is 35.3 Å². The van der Waals surface area contributed by atoms with E-state index in [0.29, 0.717) is 8.96 Å². The second-order valence-corrected chi connectivity index (χ2v) is 8.13.